The maximum absolute atomic E-state index is 13.3. The van der Waals surface area contributed by atoms with E-state index >= 15 is 0 Å². The Morgan fingerprint density at radius 3 is 2.75 bits per heavy atom. The summed E-state index contributed by atoms with van der Waals surface area (Å²) in [5, 5.41) is -0.0258. The predicted molar refractivity (Wildman–Crippen MR) is 91.4 cm³/mol. The van der Waals surface area contributed by atoms with Gasteiger partial charge in [0.15, 0.2) is 0 Å². The molecule has 5 nitrogen and oxygen atoms in total. The highest BCUT2D eigenvalue weighted by Gasteiger charge is 2.18. The Labute approximate surface area is 144 Å². The Bertz CT molecular complexity index is 750. The molecule has 2 heterocycles. The maximum Gasteiger partial charge on any atom is 0.276 e. The van der Waals surface area contributed by atoms with E-state index in [9.17, 15) is 9.18 Å². The number of carbonyl (C=O) groups excluding carboxylic acids is 1. The SMILES string of the molecule is CN(C(=O)c1cc(N2CCOCC2)ccn1)c1ccc(F)c(Cl)c1. The van der Waals surface area contributed by atoms with E-state index in [1.54, 1.807) is 19.3 Å². The highest BCUT2D eigenvalue weighted by atomic mass is 35.5. The summed E-state index contributed by atoms with van der Waals surface area (Å²) in [6, 6.07) is 7.79. The number of rotatable bonds is 3. The van der Waals surface area contributed by atoms with Crippen molar-refractivity contribution in [3.05, 3.63) is 53.1 Å². The summed E-state index contributed by atoms with van der Waals surface area (Å²) in [7, 11) is 1.61. The fourth-order valence-corrected chi connectivity index (χ4v) is 2.71. The number of aromatic nitrogens is 1. The molecular formula is C17H17ClFN3O2. The molecule has 1 amide bonds. The van der Waals surface area contributed by atoms with Crippen LogP contribution in [0.5, 0.6) is 0 Å². The maximum atomic E-state index is 13.3. The second-order valence-corrected chi connectivity index (χ2v) is 5.87. The normalized spacial score (nSPS) is 14.5. The predicted octanol–water partition coefficient (Wildman–Crippen LogP) is 2.99. The van der Waals surface area contributed by atoms with Crippen molar-refractivity contribution in [1.29, 1.82) is 0 Å². The number of benzene rings is 1. The van der Waals surface area contributed by atoms with E-state index in [2.05, 4.69) is 9.88 Å². The zero-order valence-corrected chi connectivity index (χ0v) is 14.0. The van der Waals surface area contributed by atoms with Crippen molar-refractivity contribution in [2.45, 2.75) is 0 Å². The van der Waals surface area contributed by atoms with Gasteiger partial charge in [0.05, 0.1) is 18.2 Å². The first-order valence-corrected chi connectivity index (χ1v) is 7.96. The zero-order valence-electron chi connectivity index (χ0n) is 13.2. The zero-order chi connectivity index (χ0) is 17.1. The van der Waals surface area contributed by atoms with Crippen molar-refractivity contribution in [2.24, 2.45) is 0 Å². The molecule has 0 radical (unpaired) electrons. The first-order valence-electron chi connectivity index (χ1n) is 7.58. The van der Waals surface area contributed by atoms with Crippen LogP contribution in [-0.2, 0) is 4.74 Å². The van der Waals surface area contributed by atoms with Gasteiger partial charge in [0.25, 0.3) is 5.91 Å². The second-order valence-electron chi connectivity index (χ2n) is 5.46. The summed E-state index contributed by atoms with van der Waals surface area (Å²) in [6.45, 7) is 2.89. The van der Waals surface area contributed by atoms with E-state index in [0.717, 1.165) is 18.8 Å². The van der Waals surface area contributed by atoms with Gasteiger partial charge in [-0.3, -0.25) is 9.78 Å². The number of morpholine rings is 1. The Morgan fingerprint density at radius 2 is 2.04 bits per heavy atom. The van der Waals surface area contributed by atoms with Gasteiger partial charge in [-0.2, -0.15) is 0 Å². The van der Waals surface area contributed by atoms with Crippen molar-refractivity contribution in [2.75, 3.05) is 43.2 Å². The molecule has 0 aliphatic carbocycles. The van der Waals surface area contributed by atoms with Gasteiger partial charge >= 0.3 is 0 Å². The lowest BCUT2D eigenvalue weighted by Gasteiger charge is -2.29. The highest BCUT2D eigenvalue weighted by Crippen LogP contribution is 2.23. The summed E-state index contributed by atoms with van der Waals surface area (Å²) < 4.78 is 18.6. The Kier molecular flexibility index (Phi) is 4.97. The molecular weight excluding hydrogens is 333 g/mol. The lowest BCUT2D eigenvalue weighted by atomic mass is 10.2. The van der Waals surface area contributed by atoms with Crippen molar-refractivity contribution in [3.8, 4) is 0 Å². The van der Waals surface area contributed by atoms with Crippen LogP contribution in [0, 0.1) is 5.82 Å². The number of anilines is 2. The minimum atomic E-state index is -0.520. The van der Waals surface area contributed by atoms with Crippen molar-refractivity contribution in [3.63, 3.8) is 0 Å². The number of nitrogens with zero attached hydrogens (tertiary/aromatic N) is 3. The van der Waals surface area contributed by atoms with Crippen LogP contribution in [0.15, 0.2) is 36.5 Å². The van der Waals surface area contributed by atoms with Crippen LogP contribution in [0.2, 0.25) is 5.02 Å². The van der Waals surface area contributed by atoms with Gasteiger partial charge in [-0.05, 0) is 30.3 Å². The number of pyridine rings is 1. The first kappa shape index (κ1) is 16.7. The largest absolute Gasteiger partial charge is 0.378 e. The van der Waals surface area contributed by atoms with Gasteiger partial charge in [-0.15, -0.1) is 0 Å². The summed E-state index contributed by atoms with van der Waals surface area (Å²) in [6.07, 6.45) is 1.61. The molecule has 3 rings (SSSR count). The Balaban J connectivity index is 1.82. The first-order chi connectivity index (χ1) is 11.6. The van der Waals surface area contributed by atoms with Crippen molar-refractivity contribution >= 4 is 28.9 Å². The van der Waals surface area contributed by atoms with Gasteiger partial charge in [-0.1, -0.05) is 11.6 Å². The van der Waals surface area contributed by atoms with Crippen LogP contribution >= 0.6 is 11.6 Å². The summed E-state index contributed by atoms with van der Waals surface area (Å²) in [5.74, 6) is -0.804. The van der Waals surface area contributed by atoms with E-state index in [4.69, 9.17) is 16.3 Å². The molecule has 0 N–H and O–H groups in total. The van der Waals surface area contributed by atoms with Gasteiger partial charge in [0.2, 0.25) is 0 Å². The molecule has 0 unspecified atom stereocenters. The molecule has 2 aromatic rings. The average molecular weight is 350 g/mol. The molecule has 0 atom stereocenters. The highest BCUT2D eigenvalue weighted by molar-refractivity contribution is 6.31. The number of amides is 1. The third kappa shape index (κ3) is 3.49. The third-order valence-corrected chi connectivity index (χ3v) is 4.22. The molecule has 126 valence electrons. The molecule has 0 bridgehead atoms. The van der Waals surface area contributed by atoms with E-state index in [-0.39, 0.29) is 10.9 Å². The van der Waals surface area contributed by atoms with E-state index in [0.29, 0.717) is 24.6 Å². The van der Waals surface area contributed by atoms with Crippen molar-refractivity contribution < 1.29 is 13.9 Å². The molecule has 1 aromatic carbocycles. The minimum absolute atomic E-state index is 0.0258. The summed E-state index contributed by atoms with van der Waals surface area (Å²) in [4.78, 5) is 20.4. The second kappa shape index (κ2) is 7.15. The molecule has 0 saturated carbocycles. The molecule has 1 aliphatic heterocycles. The molecule has 0 spiro atoms. The van der Waals surface area contributed by atoms with E-state index in [1.165, 1.54) is 23.1 Å². The van der Waals surface area contributed by atoms with Crippen LogP contribution in [0.4, 0.5) is 15.8 Å². The lowest BCUT2D eigenvalue weighted by Crippen LogP contribution is -2.36. The van der Waals surface area contributed by atoms with Crippen molar-refractivity contribution in [1.82, 2.24) is 4.98 Å². The molecule has 7 heteroatoms. The van der Waals surface area contributed by atoms with E-state index in [1.807, 2.05) is 6.07 Å². The number of halogens is 2. The van der Waals surface area contributed by atoms with Gasteiger partial charge in [-0.25, -0.2) is 4.39 Å². The van der Waals surface area contributed by atoms with Crippen LogP contribution in [0.1, 0.15) is 10.5 Å². The fraction of sp³-hybridized carbons (Fsp3) is 0.294. The summed E-state index contributed by atoms with van der Waals surface area (Å²) >= 11 is 5.79. The standard InChI is InChI=1S/C17H17ClFN3O2/c1-21(12-2-3-15(19)14(18)10-12)17(23)16-11-13(4-5-20-16)22-6-8-24-9-7-22/h2-5,10-11H,6-9H2,1H3. The molecule has 1 aliphatic rings. The monoisotopic (exact) mass is 349 g/mol. The average Bonchev–Trinajstić information content (AvgIpc) is 2.63. The number of hydrogen-bond donors (Lipinski definition) is 0. The summed E-state index contributed by atoms with van der Waals surface area (Å²) in [5.41, 5.74) is 1.76. The fourth-order valence-electron chi connectivity index (χ4n) is 2.54. The van der Waals surface area contributed by atoms with Crippen LogP contribution in [-0.4, -0.2) is 44.2 Å². The van der Waals surface area contributed by atoms with Crippen LogP contribution in [0.3, 0.4) is 0 Å². The lowest BCUT2D eigenvalue weighted by molar-refractivity contribution is 0.0988. The Hall–Kier alpha value is -2.18. The molecule has 24 heavy (non-hydrogen) atoms. The van der Waals surface area contributed by atoms with Gasteiger partial charge in [0.1, 0.15) is 11.5 Å². The van der Waals surface area contributed by atoms with Crippen LogP contribution in [0.25, 0.3) is 0 Å². The Morgan fingerprint density at radius 1 is 1.29 bits per heavy atom. The molecule has 1 saturated heterocycles. The minimum Gasteiger partial charge on any atom is -0.378 e. The number of hydrogen-bond acceptors (Lipinski definition) is 4. The number of carbonyl (C=O) groups is 1. The van der Waals surface area contributed by atoms with E-state index < -0.39 is 5.82 Å². The van der Waals surface area contributed by atoms with Gasteiger partial charge in [0, 0.05) is 37.7 Å². The van der Waals surface area contributed by atoms with Crippen LogP contribution < -0.4 is 9.80 Å². The molecule has 1 aromatic heterocycles. The number of ether oxygens (including phenoxy) is 1. The third-order valence-electron chi connectivity index (χ3n) is 3.93. The van der Waals surface area contributed by atoms with Gasteiger partial charge < -0.3 is 14.5 Å². The quantitative estimate of drug-likeness (QED) is 0.854. The topological polar surface area (TPSA) is 45.7 Å². The molecule has 1 fully saturated rings. The smallest absolute Gasteiger partial charge is 0.276 e.